The fourth-order valence-electron chi connectivity index (χ4n) is 1.14. The maximum Gasteiger partial charge on any atom is 0.573 e. The van der Waals surface area contributed by atoms with E-state index in [2.05, 4.69) is 9.47 Å². The van der Waals surface area contributed by atoms with Crippen LogP contribution in [-0.4, -0.2) is 19.6 Å². The van der Waals surface area contributed by atoms with Crippen LogP contribution in [0.2, 0.25) is 0 Å². The molecule has 1 aromatic rings. The summed E-state index contributed by atoms with van der Waals surface area (Å²) in [4.78, 5) is 0. The van der Waals surface area contributed by atoms with Crippen LogP contribution in [0.3, 0.4) is 0 Å². The van der Waals surface area contributed by atoms with E-state index in [9.17, 15) is 22.0 Å². The summed E-state index contributed by atoms with van der Waals surface area (Å²) in [5.74, 6) is -1.54. The summed E-state index contributed by atoms with van der Waals surface area (Å²) in [5, 5.41) is 0. The van der Waals surface area contributed by atoms with Crippen molar-refractivity contribution in [3.8, 4) is 17.2 Å². The third-order valence-corrected chi connectivity index (χ3v) is 1.67. The second kappa shape index (κ2) is 5.74. The molecule has 0 aliphatic carbocycles. The van der Waals surface area contributed by atoms with Crippen LogP contribution in [0.15, 0.2) is 18.2 Å². The number of halogens is 5. The number of benzene rings is 1. The van der Waals surface area contributed by atoms with Crippen molar-refractivity contribution in [2.45, 2.75) is 19.9 Å². The topological polar surface area (TPSA) is 27.7 Å². The van der Waals surface area contributed by atoms with Crippen LogP contribution in [0.4, 0.5) is 22.0 Å². The summed E-state index contributed by atoms with van der Waals surface area (Å²) in [5.41, 5.74) is 0. The van der Waals surface area contributed by atoms with Crippen LogP contribution in [-0.2, 0) is 0 Å². The molecule has 0 aromatic heterocycles. The molecule has 1 rings (SSSR count). The summed E-state index contributed by atoms with van der Waals surface area (Å²) in [7, 11) is 0. The van der Waals surface area contributed by atoms with E-state index in [0.29, 0.717) is 0 Å². The van der Waals surface area contributed by atoms with Gasteiger partial charge in [-0.2, -0.15) is 8.78 Å². The van der Waals surface area contributed by atoms with Gasteiger partial charge in [0.05, 0.1) is 6.61 Å². The average Bonchev–Trinajstić information content (AvgIpc) is 2.19. The van der Waals surface area contributed by atoms with E-state index in [0.717, 1.165) is 12.1 Å². The van der Waals surface area contributed by atoms with E-state index in [4.69, 9.17) is 4.74 Å². The molecule has 0 bridgehead atoms. The zero-order valence-electron chi connectivity index (χ0n) is 9.13. The van der Waals surface area contributed by atoms with Crippen LogP contribution < -0.4 is 14.2 Å². The number of alkyl halides is 5. The molecule has 0 unspecified atom stereocenters. The Labute approximate surface area is 99.1 Å². The van der Waals surface area contributed by atoms with Gasteiger partial charge in [-0.3, -0.25) is 0 Å². The lowest BCUT2D eigenvalue weighted by Gasteiger charge is -2.14. The van der Waals surface area contributed by atoms with Crippen molar-refractivity contribution in [1.29, 1.82) is 0 Å². The molecule has 0 aliphatic rings. The Morgan fingerprint density at radius 2 is 1.83 bits per heavy atom. The zero-order valence-corrected chi connectivity index (χ0v) is 9.13. The van der Waals surface area contributed by atoms with Crippen LogP contribution in [0.1, 0.15) is 6.92 Å². The summed E-state index contributed by atoms with van der Waals surface area (Å²) < 4.78 is 72.6. The maximum atomic E-state index is 12.1. The first kappa shape index (κ1) is 14.3. The van der Waals surface area contributed by atoms with Gasteiger partial charge in [-0.25, -0.2) is 0 Å². The van der Waals surface area contributed by atoms with E-state index in [1.807, 2.05) is 0 Å². The first-order valence-electron chi connectivity index (χ1n) is 4.79. The van der Waals surface area contributed by atoms with E-state index in [-0.39, 0.29) is 12.4 Å². The van der Waals surface area contributed by atoms with Gasteiger partial charge in [-0.05, 0) is 19.1 Å². The smallest absolute Gasteiger partial charge is 0.494 e. The molecular weight excluding hydrogens is 263 g/mol. The Balaban J connectivity index is 3.01. The molecule has 0 atom stereocenters. The van der Waals surface area contributed by atoms with Crippen molar-refractivity contribution >= 4 is 0 Å². The highest BCUT2D eigenvalue weighted by molar-refractivity contribution is 5.45. The molecule has 1 aromatic carbocycles. The molecule has 0 aliphatic heterocycles. The van der Waals surface area contributed by atoms with Gasteiger partial charge in [-0.15, -0.1) is 13.2 Å². The van der Waals surface area contributed by atoms with Crippen molar-refractivity contribution in [2.24, 2.45) is 0 Å². The molecule has 0 heterocycles. The van der Waals surface area contributed by atoms with Crippen molar-refractivity contribution in [3.63, 3.8) is 0 Å². The minimum atomic E-state index is -5.01. The monoisotopic (exact) mass is 272 g/mol. The van der Waals surface area contributed by atoms with E-state index >= 15 is 0 Å². The molecule has 3 nitrogen and oxygen atoms in total. The Kier molecular flexibility index (Phi) is 4.57. The lowest BCUT2D eigenvalue weighted by Crippen LogP contribution is -2.18. The van der Waals surface area contributed by atoms with Crippen molar-refractivity contribution in [2.75, 3.05) is 6.61 Å². The minimum absolute atomic E-state index is 0.0540. The Bertz CT molecular complexity index is 392. The van der Waals surface area contributed by atoms with Gasteiger partial charge in [0.1, 0.15) is 5.75 Å². The first-order chi connectivity index (χ1) is 8.31. The fraction of sp³-hybridized carbons (Fsp3) is 0.400. The summed E-state index contributed by atoms with van der Waals surface area (Å²) >= 11 is 0. The van der Waals surface area contributed by atoms with E-state index < -0.39 is 24.5 Å². The third kappa shape index (κ3) is 4.64. The molecule has 18 heavy (non-hydrogen) atoms. The third-order valence-electron chi connectivity index (χ3n) is 1.67. The summed E-state index contributed by atoms with van der Waals surface area (Å²) in [6.07, 6.45) is -5.01. The van der Waals surface area contributed by atoms with Crippen molar-refractivity contribution in [1.82, 2.24) is 0 Å². The second-order valence-electron chi connectivity index (χ2n) is 2.97. The van der Waals surface area contributed by atoms with Crippen LogP contribution >= 0.6 is 0 Å². The van der Waals surface area contributed by atoms with Gasteiger partial charge < -0.3 is 14.2 Å². The Morgan fingerprint density at radius 1 is 1.17 bits per heavy atom. The highest BCUT2D eigenvalue weighted by Crippen LogP contribution is 2.36. The Hall–Kier alpha value is -1.73. The van der Waals surface area contributed by atoms with Gasteiger partial charge in [0.25, 0.3) is 0 Å². The van der Waals surface area contributed by atoms with Crippen LogP contribution in [0.25, 0.3) is 0 Å². The molecule has 0 saturated carbocycles. The molecule has 0 radical (unpaired) electrons. The Morgan fingerprint density at radius 3 is 2.33 bits per heavy atom. The van der Waals surface area contributed by atoms with Gasteiger partial charge in [-0.1, -0.05) is 0 Å². The molecule has 0 spiro atoms. The maximum absolute atomic E-state index is 12.1. The second-order valence-corrected chi connectivity index (χ2v) is 2.97. The van der Waals surface area contributed by atoms with Gasteiger partial charge in [0.15, 0.2) is 11.5 Å². The molecule has 8 heteroatoms. The van der Waals surface area contributed by atoms with E-state index in [1.54, 1.807) is 6.92 Å². The average molecular weight is 272 g/mol. The van der Waals surface area contributed by atoms with Crippen LogP contribution in [0.5, 0.6) is 17.2 Å². The molecule has 0 amide bonds. The minimum Gasteiger partial charge on any atom is -0.494 e. The molecule has 0 saturated heterocycles. The van der Waals surface area contributed by atoms with Crippen molar-refractivity contribution in [3.05, 3.63) is 18.2 Å². The van der Waals surface area contributed by atoms with Gasteiger partial charge >= 0.3 is 13.0 Å². The molecule has 0 fully saturated rings. The standard InChI is InChI=1S/C10H9F5O3/c1-2-16-6-3-4-7(17-9(11)12)8(5-6)18-10(13,14)15/h3-5,9H,2H2,1H3. The summed E-state index contributed by atoms with van der Waals surface area (Å²) in [6, 6.07) is 2.94. The normalized spacial score (nSPS) is 11.5. The first-order valence-corrected chi connectivity index (χ1v) is 4.79. The largest absolute Gasteiger partial charge is 0.573 e. The summed E-state index contributed by atoms with van der Waals surface area (Å²) in [6.45, 7) is -1.42. The number of hydrogen-bond acceptors (Lipinski definition) is 3. The predicted octanol–water partition coefficient (Wildman–Crippen LogP) is 3.59. The van der Waals surface area contributed by atoms with Gasteiger partial charge in [0.2, 0.25) is 0 Å². The molecular formula is C10H9F5O3. The van der Waals surface area contributed by atoms with Gasteiger partial charge in [0, 0.05) is 6.07 Å². The number of rotatable bonds is 5. The van der Waals surface area contributed by atoms with E-state index in [1.165, 1.54) is 6.07 Å². The lowest BCUT2D eigenvalue weighted by atomic mass is 10.3. The molecule has 0 N–H and O–H groups in total. The predicted molar refractivity (Wildman–Crippen MR) is 50.9 cm³/mol. The highest BCUT2D eigenvalue weighted by Gasteiger charge is 2.33. The quantitative estimate of drug-likeness (QED) is 0.767. The fourth-order valence-corrected chi connectivity index (χ4v) is 1.14. The number of ether oxygens (including phenoxy) is 3. The SMILES string of the molecule is CCOc1ccc(OC(F)F)c(OC(F)(F)F)c1. The molecule has 102 valence electrons. The highest BCUT2D eigenvalue weighted by atomic mass is 19.4. The lowest BCUT2D eigenvalue weighted by molar-refractivity contribution is -0.275. The van der Waals surface area contributed by atoms with Crippen molar-refractivity contribution < 1.29 is 36.2 Å². The van der Waals surface area contributed by atoms with Crippen LogP contribution in [0, 0.1) is 0 Å². The number of hydrogen-bond donors (Lipinski definition) is 0. The zero-order chi connectivity index (χ0) is 13.8.